The van der Waals surface area contributed by atoms with Gasteiger partial charge in [-0.15, -0.1) is 0 Å². The Kier molecular flexibility index (Phi) is 6.36. The number of rotatable bonds is 6. The quantitative estimate of drug-likeness (QED) is 0.700. The molecule has 0 spiro atoms. The van der Waals surface area contributed by atoms with Crippen LogP contribution in [0, 0.1) is 5.92 Å². The van der Waals surface area contributed by atoms with Gasteiger partial charge in [-0.3, -0.25) is 9.59 Å². The van der Waals surface area contributed by atoms with Gasteiger partial charge in [0.2, 0.25) is 11.8 Å². The average Bonchev–Trinajstić information content (AvgIpc) is 2.27. The van der Waals surface area contributed by atoms with Crippen LogP contribution in [0.4, 0.5) is 0 Å². The van der Waals surface area contributed by atoms with Crippen LogP contribution in [0.25, 0.3) is 0 Å². The fourth-order valence-electron chi connectivity index (χ4n) is 1.58. The molecule has 18 heavy (non-hydrogen) atoms. The van der Waals surface area contributed by atoms with Crippen LogP contribution in [-0.4, -0.2) is 59.9 Å². The van der Waals surface area contributed by atoms with Gasteiger partial charge < -0.3 is 14.9 Å². The fraction of sp³-hybridized carbons (Fsp3) is 0.750. The van der Waals surface area contributed by atoms with Gasteiger partial charge in [-0.2, -0.15) is 0 Å². The molecule has 6 heteroatoms. The number of hydrogen-bond acceptors (Lipinski definition) is 3. The molecule has 1 N–H and O–H groups in total. The number of carbonyl (C=O) groups is 3. The smallest absolute Gasteiger partial charge is 0.326 e. The van der Waals surface area contributed by atoms with E-state index in [9.17, 15) is 14.4 Å². The zero-order chi connectivity index (χ0) is 14.5. The van der Waals surface area contributed by atoms with E-state index >= 15 is 0 Å². The zero-order valence-electron chi connectivity index (χ0n) is 11.6. The minimum Gasteiger partial charge on any atom is -0.480 e. The molecule has 2 amide bonds. The number of carboxylic acid groups (broad SMARTS) is 1. The monoisotopic (exact) mass is 258 g/mol. The lowest BCUT2D eigenvalue weighted by Crippen LogP contribution is -2.47. The van der Waals surface area contributed by atoms with Gasteiger partial charge >= 0.3 is 5.97 Å². The van der Waals surface area contributed by atoms with Gasteiger partial charge in [0.25, 0.3) is 0 Å². The van der Waals surface area contributed by atoms with E-state index in [4.69, 9.17) is 5.11 Å². The maximum Gasteiger partial charge on any atom is 0.326 e. The molecule has 0 rings (SSSR count). The van der Waals surface area contributed by atoms with Crippen molar-refractivity contribution in [3.05, 3.63) is 0 Å². The Labute approximate surface area is 108 Å². The molecule has 0 aliphatic heterocycles. The number of likely N-dealkylation sites (N-methyl/N-ethyl adjacent to an activating group) is 1. The third kappa shape index (κ3) is 4.35. The Hall–Kier alpha value is -1.59. The number of aliphatic carboxylic acids is 1. The van der Waals surface area contributed by atoms with Crippen LogP contribution in [0.5, 0.6) is 0 Å². The maximum absolute atomic E-state index is 11.8. The van der Waals surface area contributed by atoms with Crippen LogP contribution in [0.2, 0.25) is 0 Å². The number of nitrogens with zero attached hydrogens (tertiary/aromatic N) is 2. The first-order valence-electron chi connectivity index (χ1n) is 5.90. The molecule has 0 saturated heterocycles. The van der Waals surface area contributed by atoms with Crippen LogP contribution in [0.1, 0.15) is 26.7 Å². The van der Waals surface area contributed by atoms with Crippen molar-refractivity contribution in [3.63, 3.8) is 0 Å². The van der Waals surface area contributed by atoms with Gasteiger partial charge in [0.1, 0.15) is 12.5 Å². The van der Waals surface area contributed by atoms with Crippen LogP contribution >= 0.6 is 0 Å². The summed E-state index contributed by atoms with van der Waals surface area (Å²) in [5, 5.41) is 9.15. The summed E-state index contributed by atoms with van der Waals surface area (Å²) >= 11 is 0. The third-order valence-electron chi connectivity index (χ3n) is 3.05. The fourth-order valence-corrected chi connectivity index (χ4v) is 1.58. The van der Waals surface area contributed by atoms with E-state index in [1.807, 2.05) is 6.92 Å². The predicted molar refractivity (Wildman–Crippen MR) is 67.0 cm³/mol. The Balaban J connectivity index is 4.78. The first-order valence-corrected chi connectivity index (χ1v) is 5.90. The summed E-state index contributed by atoms with van der Waals surface area (Å²) in [6.07, 6.45) is 0.347. The molecule has 0 aromatic rings. The molecular weight excluding hydrogens is 236 g/mol. The van der Waals surface area contributed by atoms with Crippen LogP contribution in [-0.2, 0) is 14.4 Å². The Morgan fingerprint density at radius 3 is 1.94 bits per heavy atom. The second-order valence-corrected chi connectivity index (χ2v) is 4.64. The largest absolute Gasteiger partial charge is 0.480 e. The van der Waals surface area contributed by atoms with E-state index in [0.717, 1.165) is 4.90 Å². The third-order valence-corrected chi connectivity index (χ3v) is 3.05. The van der Waals surface area contributed by atoms with Gasteiger partial charge in [0.05, 0.1) is 0 Å². The molecule has 0 saturated carbocycles. The van der Waals surface area contributed by atoms with Gasteiger partial charge in [0, 0.05) is 21.1 Å². The summed E-state index contributed by atoms with van der Waals surface area (Å²) in [6, 6.07) is -0.891. The molecule has 104 valence electrons. The molecule has 0 aliphatic rings. The van der Waals surface area contributed by atoms with Crippen LogP contribution in [0.15, 0.2) is 0 Å². The molecule has 0 aliphatic carbocycles. The molecular formula is C12H22N2O4. The van der Waals surface area contributed by atoms with E-state index < -0.39 is 17.9 Å². The van der Waals surface area contributed by atoms with Gasteiger partial charge in [-0.25, -0.2) is 4.79 Å². The molecule has 2 atom stereocenters. The van der Waals surface area contributed by atoms with Crippen molar-refractivity contribution in [1.82, 2.24) is 9.80 Å². The number of carbonyl (C=O) groups excluding carboxylic acids is 2. The molecule has 6 nitrogen and oxygen atoms in total. The Bertz CT molecular complexity index is 328. The minimum atomic E-state index is -1.04. The highest BCUT2D eigenvalue weighted by atomic mass is 16.4. The van der Waals surface area contributed by atoms with E-state index in [0.29, 0.717) is 6.42 Å². The standard InChI is InChI=1S/C12H22N2O4/c1-6-8(2)11(12(17)18)14(5)10(16)7-9(15)13(3)4/h8,11H,6-7H2,1-5H3,(H,17,18)/t8-,11-/m0/s1. The van der Waals surface area contributed by atoms with Crippen molar-refractivity contribution in [1.29, 1.82) is 0 Å². The summed E-state index contributed by atoms with van der Waals surface area (Å²) in [6.45, 7) is 3.64. The molecule has 0 aromatic heterocycles. The number of hydrogen-bond donors (Lipinski definition) is 1. The highest BCUT2D eigenvalue weighted by Gasteiger charge is 2.31. The molecule has 0 heterocycles. The van der Waals surface area contributed by atoms with Gasteiger partial charge in [-0.05, 0) is 5.92 Å². The summed E-state index contributed by atoms with van der Waals surface area (Å²) in [4.78, 5) is 36.9. The second kappa shape index (κ2) is 6.98. The molecule has 0 aromatic carbocycles. The van der Waals surface area contributed by atoms with E-state index in [1.54, 1.807) is 21.0 Å². The number of amides is 2. The number of carboxylic acids is 1. The minimum absolute atomic E-state index is 0.161. The van der Waals surface area contributed by atoms with Gasteiger partial charge in [0.15, 0.2) is 0 Å². The topological polar surface area (TPSA) is 77.9 Å². The van der Waals surface area contributed by atoms with E-state index in [1.165, 1.54) is 11.9 Å². The SMILES string of the molecule is CC[C@H](C)[C@@H](C(=O)O)N(C)C(=O)CC(=O)N(C)C. The molecule has 0 unspecified atom stereocenters. The van der Waals surface area contributed by atoms with Crippen LogP contribution in [0.3, 0.4) is 0 Å². The second-order valence-electron chi connectivity index (χ2n) is 4.64. The van der Waals surface area contributed by atoms with Crippen molar-refractivity contribution < 1.29 is 19.5 Å². The summed E-state index contributed by atoms with van der Waals surface area (Å²) in [5.41, 5.74) is 0. The lowest BCUT2D eigenvalue weighted by atomic mass is 9.98. The van der Waals surface area contributed by atoms with E-state index in [-0.39, 0.29) is 18.2 Å². The molecule has 0 radical (unpaired) electrons. The first-order chi connectivity index (χ1) is 8.22. The highest BCUT2D eigenvalue weighted by molar-refractivity contribution is 5.98. The Morgan fingerprint density at radius 1 is 1.11 bits per heavy atom. The van der Waals surface area contributed by atoms with Crippen molar-refractivity contribution in [2.45, 2.75) is 32.7 Å². The van der Waals surface area contributed by atoms with Gasteiger partial charge in [-0.1, -0.05) is 20.3 Å². The molecule has 0 fully saturated rings. The molecule has 0 bridgehead atoms. The lowest BCUT2D eigenvalue weighted by Gasteiger charge is -2.29. The summed E-state index contributed by atoms with van der Waals surface area (Å²) in [5.74, 6) is -2.01. The maximum atomic E-state index is 11.8. The van der Waals surface area contributed by atoms with Crippen molar-refractivity contribution in [2.24, 2.45) is 5.92 Å². The normalized spacial score (nSPS) is 13.6. The summed E-state index contributed by atoms with van der Waals surface area (Å²) in [7, 11) is 4.54. The van der Waals surface area contributed by atoms with Crippen molar-refractivity contribution in [3.8, 4) is 0 Å². The highest BCUT2D eigenvalue weighted by Crippen LogP contribution is 2.15. The first kappa shape index (κ1) is 16.4. The van der Waals surface area contributed by atoms with Crippen molar-refractivity contribution in [2.75, 3.05) is 21.1 Å². The van der Waals surface area contributed by atoms with E-state index in [2.05, 4.69) is 0 Å². The summed E-state index contributed by atoms with van der Waals surface area (Å²) < 4.78 is 0. The predicted octanol–water partition coefficient (Wildman–Crippen LogP) is 0.422. The zero-order valence-corrected chi connectivity index (χ0v) is 11.6. The lowest BCUT2D eigenvalue weighted by molar-refractivity contribution is -0.153. The van der Waals surface area contributed by atoms with Crippen LogP contribution < -0.4 is 0 Å². The van der Waals surface area contributed by atoms with Crippen molar-refractivity contribution >= 4 is 17.8 Å². The Morgan fingerprint density at radius 2 is 1.61 bits per heavy atom. The average molecular weight is 258 g/mol.